The molecule has 1 N–H and O–H groups in total. The molecule has 36 heavy (non-hydrogen) atoms. The highest BCUT2D eigenvalue weighted by atomic mass is 16.3. The minimum Gasteiger partial charge on any atom is -0.388 e. The zero-order valence-corrected chi connectivity index (χ0v) is 19.8. The van der Waals surface area contributed by atoms with E-state index in [0.29, 0.717) is 35.5 Å². The molecule has 1 unspecified atom stereocenters. The minimum atomic E-state index is -0.667. The number of aromatic nitrogens is 5. The molecule has 0 aliphatic carbocycles. The Hall–Kier alpha value is -4.49. The van der Waals surface area contributed by atoms with E-state index in [2.05, 4.69) is 21.8 Å². The zero-order chi connectivity index (χ0) is 24.6. The van der Waals surface area contributed by atoms with E-state index in [1.54, 1.807) is 6.20 Å². The third-order valence-electron chi connectivity index (χ3n) is 6.60. The van der Waals surface area contributed by atoms with Crippen molar-refractivity contribution in [3.63, 3.8) is 0 Å². The van der Waals surface area contributed by atoms with Gasteiger partial charge >= 0.3 is 0 Å². The van der Waals surface area contributed by atoms with Crippen molar-refractivity contribution in [1.29, 1.82) is 0 Å². The van der Waals surface area contributed by atoms with Gasteiger partial charge in [0.05, 0.1) is 28.6 Å². The lowest BCUT2D eigenvalue weighted by Gasteiger charge is -2.14. The van der Waals surface area contributed by atoms with Gasteiger partial charge in [-0.2, -0.15) is 14.9 Å². The van der Waals surface area contributed by atoms with Gasteiger partial charge in [-0.15, -0.1) is 0 Å². The Labute approximate surface area is 207 Å². The van der Waals surface area contributed by atoms with Gasteiger partial charge in [-0.05, 0) is 42.3 Å². The van der Waals surface area contributed by atoms with E-state index in [4.69, 9.17) is 5.10 Å². The molecule has 0 amide bonds. The normalized spacial score (nSPS) is 12.4. The summed E-state index contributed by atoms with van der Waals surface area (Å²) in [5, 5.41) is 20.5. The van der Waals surface area contributed by atoms with Crippen LogP contribution in [0.5, 0.6) is 0 Å². The van der Waals surface area contributed by atoms with Crippen LogP contribution in [0, 0.1) is 0 Å². The predicted molar refractivity (Wildman–Crippen MR) is 140 cm³/mol. The first-order valence-electron chi connectivity index (χ1n) is 12.0. The molecule has 0 fully saturated rings. The molecule has 4 aromatic rings. The highest BCUT2D eigenvalue weighted by Gasteiger charge is 2.23. The highest BCUT2D eigenvalue weighted by molar-refractivity contribution is 5.93. The van der Waals surface area contributed by atoms with Gasteiger partial charge in [0.25, 0.3) is 5.56 Å². The zero-order valence-electron chi connectivity index (χ0n) is 19.8. The predicted octanol–water partition coefficient (Wildman–Crippen LogP) is 4.97. The maximum atomic E-state index is 13.6. The van der Waals surface area contributed by atoms with Gasteiger partial charge in [0.1, 0.15) is 5.69 Å². The average Bonchev–Trinajstić information content (AvgIpc) is 3.58. The molecule has 3 aromatic carbocycles. The summed E-state index contributed by atoms with van der Waals surface area (Å²) in [6.45, 7) is 2.52. The van der Waals surface area contributed by atoms with Crippen LogP contribution in [-0.2, 0) is 6.54 Å². The molecule has 7 heteroatoms. The van der Waals surface area contributed by atoms with E-state index in [-0.39, 0.29) is 5.56 Å². The minimum absolute atomic E-state index is 0.200. The molecule has 0 radical (unpaired) electrons. The number of aliphatic hydroxyl groups is 1. The van der Waals surface area contributed by atoms with Gasteiger partial charge in [0.15, 0.2) is 0 Å². The number of fused-ring (bicyclic) bond motifs is 3. The summed E-state index contributed by atoms with van der Waals surface area (Å²) in [6, 6.07) is 25.5. The molecule has 2 aliphatic rings. The van der Waals surface area contributed by atoms with Gasteiger partial charge < -0.3 is 9.67 Å². The molecule has 1 atom stereocenters. The van der Waals surface area contributed by atoms with Crippen LogP contribution < -0.4 is 5.56 Å². The Balaban J connectivity index is 1.48. The van der Waals surface area contributed by atoms with Crippen molar-refractivity contribution < 1.29 is 5.11 Å². The monoisotopic (exact) mass is 475 g/mol. The van der Waals surface area contributed by atoms with Crippen LogP contribution in [0.3, 0.4) is 0 Å². The Morgan fingerprint density at radius 2 is 1.72 bits per heavy atom. The van der Waals surface area contributed by atoms with Crippen LogP contribution in [0.4, 0.5) is 0 Å². The Kier molecular flexibility index (Phi) is 5.47. The number of benzene rings is 3. The van der Waals surface area contributed by atoms with Crippen LogP contribution >= 0.6 is 0 Å². The van der Waals surface area contributed by atoms with Gasteiger partial charge in [0.2, 0.25) is 0 Å². The fourth-order valence-electron chi connectivity index (χ4n) is 4.73. The van der Waals surface area contributed by atoms with Crippen LogP contribution in [0.25, 0.3) is 33.5 Å². The lowest BCUT2D eigenvalue weighted by molar-refractivity contribution is 0.173. The van der Waals surface area contributed by atoms with Gasteiger partial charge in [-0.1, -0.05) is 55.5 Å². The number of rotatable bonds is 6. The molecule has 0 spiro atoms. The summed E-state index contributed by atoms with van der Waals surface area (Å²) in [5.41, 5.74) is 5.39. The fraction of sp³-hybridized carbons (Fsp3) is 0.138. The number of aliphatic hydroxyl groups excluding tert-OH is 1. The summed E-state index contributed by atoms with van der Waals surface area (Å²) in [4.78, 5) is 13.6. The van der Waals surface area contributed by atoms with Crippen molar-refractivity contribution in [2.24, 2.45) is 0 Å². The molecule has 7 nitrogen and oxygen atoms in total. The van der Waals surface area contributed by atoms with Crippen molar-refractivity contribution in [3.8, 4) is 22.6 Å². The lowest BCUT2D eigenvalue weighted by Crippen LogP contribution is -2.17. The quantitative estimate of drug-likeness (QED) is 0.369. The van der Waals surface area contributed by atoms with E-state index in [1.807, 2.05) is 90.7 Å². The second-order valence-corrected chi connectivity index (χ2v) is 8.85. The van der Waals surface area contributed by atoms with E-state index in [9.17, 15) is 9.90 Å². The van der Waals surface area contributed by atoms with Gasteiger partial charge in [0, 0.05) is 36.1 Å². The van der Waals surface area contributed by atoms with E-state index in [1.165, 1.54) is 4.68 Å². The molecule has 0 saturated carbocycles. The number of pyridine rings is 1. The maximum absolute atomic E-state index is 13.6. The number of hydrogen-bond donors (Lipinski definition) is 1. The second-order valence-electron chi connectivity index (χ2n) is 8.85. The maximum Gasteiger partial charge on any atom is 0.282 e. The molecular weight excluding hydrogens is 450 g/mol. The van der Waals surface area contributed by atoms with E-state index in [0.717, 1.165) is 22.2 Å². The molecule has 0 saturated heterocycles. The average molecular weight is 476 g/mol. The Morgan fingerprint density at radius 1 is 0.944 bits per heavy atom. The van der Waals surface area contributed by atoms with E-state index >= 15 is 0 Å². The number of nitrogens with zero attached hydrogens (tertiary/aromatic N) is 5. The SMILES string of the molecule is CCC(O)c1ccccc1-n1nc2c3ccccc3n(Cc3ccc(-n4cccn4)cc3)cc-2c1=O. The Morgan fingerprint density at radius 3 is 2.50 bits per heavy atom. The van der Waals surface area contributed by atoms with Crippen LogP contribution in [0.15, 0.2) is 102 Å². The van der Waals surface area contributed by atoms with Crippen LogP contribution in [0.1, 0.15) is 30.6 Å². The highest BCUT2D eigenvalue weighted by Crippen LogP contribution is 2.30. The molecule has 6 rings (SSSR count). The van der Waals surface area contributed by atoms with Crippen molar-refractivity contribution in [1.82, 2.24) is 24.1 Å². The van der Waals surface area contributed by atoms with Crippen molar-refractivity contribution >= 4 is 10.9 Å². The third kappa shape index (κ3) is 3.70. The van der Waals surface area contributed by atoms with Gasteiger partial charge in [-0.25, -0.2) is 4.68 Å². The number of hydrogen-bond acceptors (Lipinski definition) is 4. The molecular formula is C29H25N5O2. The third-order valence-corrected chi connectivity index (χ3v) is 6.60. The smallest absolute Gasteiger partial charge is 0.282 e. The van der Waals surface area contributed by atoms with Crippen LogP contribution in [-0.4, -0.2) is 29.2 Å². The first-order valence-corrected chi connectivity index (χ1v) is 12.0. The standard InChI is InChI=1S/C29H25N5O2/c1-2-27(35)22-8-3-6-11-26(22)34-29(36)24-19-32(25-10-5-4-9-23(25)28(24)31-34)18-20-12-14-21(15-13-20)33-17-7-16-30-33/h3-17,19,27,35H,2,18H2,1H3. The van der Waals surface area contributed by atoms with Crippen LogP contribution in [0.2, 0.25) is 0 Å². The summed E-state index contributed by atoms with van der Waals surface area (Å²) < 4.78 is 5.35. The molecule has 2 aliphatic heterocycles. The summed E-state index contributed by atoms with van der Waals surface area (Å²) in [6.07, 6.45) is 5.45. The molecule has 1 aromatic heterocycles. The fourth-order valence-corrected chi connectivity index (χ4v) is 4.73. The van der Waals surface area contributed by atoms with Gasteiger partial charge in [-0.3, -0.25) is 4.79 Å². The Bertz CT molecular complexity index is 1680. The first kappa shape index (κ1) is 22.0. The van der Waals surface area contributed by atoms with E-state index < -0.39 is 6.10 Å². The van der Waals surface area contributed by atoms with Crippen molar-refractivity contribution in [2.45, 2.75) is 26.0 Å². The molecule has 178 valence electrons. The lowest BCUT2D eigenvalue weighted by atomic mass is 10.1. The summed E-state index contributed by atoms with van der Waals surface area (Å²) in [7, 11) is 0. The van der Waals surface area contributed by atoms with Crippen molar-refractivity contribution in [3.05, 3.63) is 119 Å². The summed E-state index contributed by atoms with van der Waals surface area (Å²) in [5.74, 6) is 0. The molecule has 3 heterocycles. The summed E-state index contributed by atoms with van der Waals surface area (Å²) >= 11 is 0. The largest absolute Gasteiger partial charge is 0.388 e. The molecule has 0 bridgehead atoms. The number of para-hydroxylation sites is 2. The topological polar surface area (TPSA) is 77.9 Å². The second kappa shape index (κ2) is 8.94. The first-order chi connectivity index (χ1) is 17.6. The van der Waals surface area contributed by atoms with Crippen molar-refractivity contribution in [2.75, 3.05) is 0 Å².